The molecule has 0 aliphatic carbocycles. The number of aromatic hydroxyl groups is 2. The third kappa shape index (κ3) is 18.6. The highest BCUT2D eigenvalue weighted by Crippen LogP contribution is 2.22. The molecule has 0 aliphatic heterocycles. The van der Waals surface area contributed by atoms with Gasteiger partial charge in [0.05, 0.1) is 12.2 Å². The molecule has 0 unspecified atom stereocenters. The summed E-state index contributed by atoms with van der Waals surface area (Å²) in [6, 6.07) is 4.86. The lowest BCUT2D eigenvalue weighted by atomic mass is 9.99. The van der Waals surface area contributed by atoms with Crippen LogP contribution in [-0.4, -0.2) is 32.6 Å². The Labute approximate surface area is 216 Å². The maximum atomic E-state index is 10.2. The van der Waals surface area contributed by atoms with Gasteiger partial charge in [0.1, 0.15) is 11.5 Å². The SMILES string of the molecule is CCCCCCCC[C@@H](O)[C@@H](O)CCCCCCCCCCCCCCCc1cc(O)cc(O)c1. The first-order valence-corrected chi connectivity index (χ1v) is 14.9. The zero-order valence-corrected chi connectivity index (χ0v) is 22.7. The van der Waals surface area contributed by atoms with Gasteiger partial charge in [0.15, 0.2) is 0 Å². The van der Waals surface area contributed by atoms with E-state index < -0.39 is 12.2 Å². The van der Waals surface area contributed by atoms with E-state index in [0.717, 1.165) is 44.1 Å². The van der Waals surface area contributed by atoms with Crippen LogP contribution >= 0.6 is 0 Å². The summed E-state index contributed by atoms with van der Waals surface area (Å²) in [6.45, 7) is 2.23. The van der Waals surface area contributed by atoms with Crippen molar-refractivity contribution in [3.63, 3.8) is 0 Å². The zero-order valence-electron chi connectivity index (χ0n) is 22.7. The van der Waals surface area contributed by atoms with Gasteiger partial charge >= 0.3 is 0 Å². The smallest absolute Gasteiger partial charge is 0.119 e. The van der Waals surface area contributed by atoms with Crippen LogP contribution in [0.15, 0.2) is 18.2 Å². The first-order chi connectivity index (χ1) is 17.0. The highest BCUT2D eigenvalue weighted by molar-refractivity contribution is 5.36. The maximum absolute atomic E-state index is 10.2. The predicted octanol–water partition coefficient (Wildman–Crippen LogP) is 8.57. The molecule has 0 fully saturated rings. The van der Waals surface area contributed by atoms with Crippen molar-refractivity contribution in [2.75, 3.05) is 0 Å². The fourth-order valence-corrected chi connectivity index (χ4v) is 4.95. The van der Waals surface area contributed by atoms with Crippen LogP contribution in [0.25, 0.3) is 0 Å². The average Bonchev–Trinajstić information content (AvgIpc) is 2.82. The molecule has 4 nitrogen and oxygen atoms in total. The van der Waals surface area contributed by atoms with Crippen molar-refractivity contribution in [1.82, 2.24) is 0 Å². The van der Waals surface area contributed by atoms with Crippen LogP contribution in [0, 0.1) is 0 Å². The normalized spacial score (nSPS) is 13.2. The highest BCUT2D eigenvalue weighted by atomic mass is 16.3. The Bertz CT molecular complexity index is 583. The zero-order chi connectivity index (χ0) is 25.6. The van der Waals surface area contributed by atoms with Crippen LogP contribution in [0.1, 0.15) is 147 Å². The van der Waals surface area contributed by atoms with E-state index in [9.17, 15) is 20.4 Å². The minimum absolute atomic E-state index is 0.146. The van der Waals surface area contributed by atoms with Gasteiger partial charge in [0.25, 0.3) is 0 Å². The molecule has 0 aliphatic rings. The molecule has 0 heterocycles. The first kappa shape index (κ1) is 31.8. The van der Waals surface area contributed by atoms with Crippen molar-refractivity contribution in [2.45, 2.75) is 160 Å². The van der Waals surface area contributed by atoms with E-state index in [4.69, 9.17) is 0 Å². The lowest BCUT2D eigenvalue weighted by molar-refractivity contribution is 0.00712. The molecule has 0 saturated carbocycles. The number of unbranched alkanes of at least 4 members (excludes halogenated alkanes) is 17. The number of rotatable bonds is 24. The molecule has 4 heteroatoms. The van der Waals surface area contributed by atoms with Gasteiger partial charge in [0, 0.05) is 6.07 Å². The van der Waals surface area contributed by atoms with E-state index in [2.05, 4.69) is 6.92 Å². The number of aliphatic hydroxyl groups is 2. The molecule has 4 N–H and O–H groups in total. The van der Waals surface area contributed by atoms with Crippen molar-refractivity contribution in [2.24, 2.45) is 0 Å². The molecule has 0 aromatic heterocycles. The topological polar surface area (TPSA) is 80.9 Å². The Balaban J connectivity index is 1.81. The van der Waals surface area contributed by atoms with Crippen LogP contribution in [0.5, 0.6) is 11.5 Å². The second-order valence-electron chi connectivity index (χ2n) is 10.7. The number of hydrogen-bond acceptors (Lipinski definition) is 4. The lowest BCUT2D eigenvalue weighted by Crippen LogP contribution is -2.25. The van der Waals surface area contributed by atoms with E-state index in [1.807, 2.05) is 0 Å². The minimum Gasteiger partial charge on any atom is -0.508 e. The second kappa shape index (κ2) is 22.0. The van der Waals surface area contributed by atoms with Crippen molar-refractivity contribution in [3.05, 3.63) is 23.8 Å². The van der Waals surface area contributed by atoms with Crippen LogP contribution in [0.2, 0.25) is 0 Å². The van der Waals surface area contributed by atoms with Gasteiger partial charge in [-0.15, -0.1) is 0 Å². The number of benzene rings is 1. The van der Waals surface area contributed by atoms with Gasteiger partial charge in [-0.25, -0.2) is 0 Å². The Morgan fingerprint density at radius 2 is 0.829 bits per heavy atom. The molecule has 0 amide bonds. The van der Waals surface area contributed by atoms with Gasteiger partial charge in [-0.05, 0) is 43.4 Å². The van der Waals surface area contributed by atoms with Crippen LogP contribution in [0.4, 0.5) is 0 Å². The molecule has 1 aromatic rings. The lowest BCUT2D eigenvalue weighted by Gasteiger charge is -2.17. The number of aliphatic hydroxyl groups excluding tert-OH is 2. The van der Waals surface area contributed by atoms with Crippen LogP contribution < -0.4 is 0 Å². The minimum atomic E-state index is -0.536. The summed E-state index contributed by atoms with van der Waals surface area (Å²) >= 11 is 0. The summed E-state index contributed by atoms with van der Waals surface area (Å²) in [4.78, 5) is 0. The molecule has 204 valence electrons. The Morgan fingerprint density at radius 1 is 0.486 bits per heavy atom. The summed E-state index contributed by atoms with van der Waals surface area (Å²) < 4.78 is 0. The summed E-state index contributed by atoms with van der Waals surface area (Å²) in [6.07, 6.45) is 25.0. The fourth-order valence-electron chi connectivity index (χ4n) is 4.95. The third-order valence-corrected chi connectivity index (χ3v) is 7.23. The molecule has 0 spiro atoms. The molecule has 2 atom stereocenters. The molecular formula is C31H56O4. The third-order valence-electron chi connectivity index (χ3n) is 7.23. The van der Waals surface area contributed by atoms with E-state index in [-0.39, 0.29) is 11.5 Å². The van der Waals surface area contributed by atoms with Crippen LogP contribution in [-0.2, 0) is 6.42 Å². The van der Waals surface area contributed by atoms with Gasteiger partial charge in [-0.3, -0.25) is 0 Å². The van der Waals surface area contributed by atoms with Gasteiger partial charge in [-0.2, -0.15) is 0 Å². The van der Waals surface area contributed by atoms with Crippen LogP contribution in [0.3, 0.4) is 0 Å². The second-order valence-corrected chi connectivity index (χ2v) is 10.7. The van der Waals surface area contributed by atoms with Crippen molar-refractivity contribution < 1.29 is 20.4 Å². The first-order valence-electron chi connectivity index (χ1n) is 14.9. The molecule has 35 heavy (non-hydrogen) atoms. The molecule has 0 radical (unpaired) electrons. The molecule has 1 rings (SSSR count). The predicted molar refractivity (Wildman–Crippen MR) is 148 cm³/mol. The molecule has 0 saturated heterocycles. The summed E-state index contributed by atoms with van der Waals surface area (Å²) in [5.41, 5.74) is 1.01. The maximum Gasteiger partial charge on any atom is 0.119 e. The Kier molecular flexibility index (Phi) is 19.9. The largest absolute Gasteiger partial charge is 0.508 e. The number of phenols is 2. The fraction of sp³-hybridized carbons (Fsp3) is 0.806. The summed E-state index contributed by atoms with van der Waals surface area (Å²) in [7, 11) is 0. The van der Waals surface area contributed by atoms with Gasteiger partial charge in [0.2, 0.25) is 0 Å². The Morgan fingerprint density at radius 3 is 1.23 bits per heavy atom. The highest BCUT2D eigenvalue weighted by Gasteiger charge is 2.15. The number of hydrogen-bond donors (Lipinski definition) is 4. The summed E-state index contributed by atoms with van der Waals surface area (Å²) in [5, 5.41) is 39.3. The standard InChI is InChI=1S/C31H56O4/c1-2-3-4-5-16-19-22-30(34)31(35)23-20-17-14-12-10-8-6-7-9-11-13-15-18-21-27-24-28(32)26-29(33)25-27/h24-26,30-35H,2-23H2,1H3/t30-,31+/m1/s1. The van der Waals surface area contributed by atoms with Gasteiger partial charge < -0.3 is 20.4 Å². The number of phenolic OH excluding ortho intramolecular Hbond substituents is 2. The van der Waals surface area contributed by atoms with Crippen molar-refractivity contribution in [1.29, 1.82) is 0 Å². The quantitative estimate of drug-likeness (QED) is 0.109. The molecular weight excluding hydrogens is 436 g/mol. The van der Waals surface area contributed by atoms with E-state index in [0.29, 0.717) is 0 Å². The van der Waals surface area contributed by atoms with E-state index >= 15 is 0 Å². The van der Waals surface area contributed by atoms with Crippen molar-refractivity contribution in [3.8, 4) is 11.5 Å². The average molecular weight is 493 g/mol. The number of aryl methyl sites for hydroxylation is 1. The van der Waals surface area contributed by atoms with E-state index in [1.54, 1.807) is 12.1 Å². The van der Waals surface area contributed by atoms with Crippen molar-refractivity contribution >= 4 is 0 Å². The Hall–Kier alpha value is -1.26. The molecule has 1 aromatic carbocycles. The van der Waals surface area contributed by atoms with Gasteiger partial charge in [-0.1, -0.05) is 122 Å². The summed E-state index contributed by atoms with van der Waals surface area (Å²) in [5.74, 6) is 0.292. The molecule has 0 bridgehead atoms. The monoisotopic (exact) mass is 492 g/mol. The van der Waals surface area contributed by atoms with E-state index in [1.165, 1.54) is 109 Å².